The van der Waals surface area contributed by atoms with Crippen LogP contribution in [0.1, 0.15) is 50.7 Å². The van der Waals surface area contributed by atoms with Crippen molar-refractivity contribution in [1.82, 2.24) is 0 Å². The van der Waals surface area contributed by atoms with Crippen molar-refractivity contribution in [2.24, 2.45) is 5.92 Å². The molecule has 6 heteroatoms. The van der Waals surface area contributed by atoms with Crippen LogP contribution in [0.2, 0.25) is 5.02 Å². The van der Waals surface area contributed by atoms with Crippen molar-refractivity contribution in [2.75, 3.05) is 12.4 Å². The molecule has 0 aromatic heterocycles. The summed E-state index contributed by atoms with van der Waals surface area (Å²) in [5.41, 5.74) is 2.48. The highest BCUT2D eigenvalue weighted by Gasteiger charge is 2.32. The number of ketones is 1. The molecule has 3 aromatic rings. The van der Waals surface area contributed by atoms with Crippen molar-refractivity contribution in [3.8, 4) is 0 Å². The number of hydrogen-bond acceptors (Lipinski definition) is 4. The Hall–Kier alpha value is -3.18. The monoisotopic (exact) mass is 437 g/mol. The minimum atomic E-state index is -0.819. The molecule has 4 rings (SSSR count). The van der Waals surface area contributed by atoms with Gasteiger partial charge in [-0.05, 0) is 78.9 Å². The van der Waals surface area contributed by atoms with E-state index < -0.39 is 11.8 Å². The van der Waals surface area contributed by atoms with Gasteiger partial charge in [-0.2, -0.15) is 0 Å². The Morgan fingerprint density at radius 3 is 2.26 bits per heavy atom. The van der Waals surface area contributed by atoms with Gasteiger partial charge >= 0.3 is 5.97 Å². The molecule has 1 aliphatic rings. The lowest BCUT2D eigenvalue weighted by Gasteiger charge is -2.20. The van der Waals surface area contributed by atoms with Crippen LogP contribution in [0, 0.1) is 11.7 Å². The molecule has 31 heavy (non-hydrogen) atoms. The van der Waals surface area contributed by atoms with Gasteiger partial charge in [0.1, 0.15) is 5.82 Å². The van der Waals surface area contributed by atoms with Crippen LogP contribution in [-0.2, 0) is 4.74 Å². The number of carbonyl (C=O) groups excluding carboxylic acids is 2. The second-order valence-corrected chi connectivity index (χ2v) is 8.04. The second-order valence-electron chi connectivity index (χ2n) is 7.60. The van der Waals surface area contributed by atoms with Crippen LogP contribution in [0.3, 0.4) is 0 Å². The van der Waals surface area contributed by atoms with Crippen molar-refractivity contribution in [2.45, 2.75) is 18.9 Å². The summed E-state index contributed by atoms with van der Waals surface area (Å²) in [6.07, 6.45) is 2.34. The van der Waals surface area contributed by atoms with Crippen LogP contribution < -0.4 is 5.32 Å². The summed E-state index contributed by atoms with van der Waals surface area (Å²) < 4.78 is 18.4. The van der Waals surface area contributed by atoms with E-state index in [0.29, 0.717) is 16.5 Å². The van der Waals surface area contributed by atoms with Gasteiger partial charge in [0.2, 0.25) is 0 Å². The van der Waals surface area contributed by atoms with E-state index in [2.05, 4.69) is 10.1 Å². The Morgan fingerprint density at radius 2 is 1.65 bits per heavy atom. The van der Waals surface area contributed by atoms with Crippen LogP contribution in [0.25, 0.3) is 0 Å². The van der Waals surface area contributed by atoms with Crippen molar-refractivity contribution < 1.29 is 18.7 Å². The molecule has 0 aliphatic heterocycles. The molecule has 0 bridgehead atoms. The average molecular weight is 438 g/mol. The molecular formula is C25H21ClFNO3. The van der Waals surface area contributed by atoms with Gasteiger partial charge in [-0.3, -0.25) is 4.79 Å². The predicted octanol–water partition coefficient (Wildman–Crippen LogP) is 6.06. The first-order valence-electron chi connectivity index (χ1n) is 10.0. The normalized spacial score (nSPS) is 14.0. The van der Waals surface area contributed by atoms with Crippen LogP contribution >= 0.6 is 11.6 Å². The minimum absolute atomic E-state index is 0.179. The topological polar surface area (TPSA) is 55.4 Å². The predicted molar refractivity (Wildman–Crippen MR) is 118 cm³/mol. The first-order valence-corrected chi connectivity index (χ1v) is 10.4. The number of methoxy groups -OCH3 is 1. The zero-order valence-electron chi connectivity index (χ0n) is 16.9. The molecular weight excluding hydrogens is 417 g/mol. The summed E-state index contributed by atoms with van der Waals surface area (Å²) >= 11 is 6.01. The highest BCUT2D eigenvalue weighted by atomic mass is 35.5. The van der Waals surface area contributed by atoms with Gasteiger partial charge in [0, 0.05) is 21.8 Å². The third-order valence-corrected chi connectivity index (χ3v) is 5.68. The summed E-state index contributed by atoms with van der Waals surface area (Å²) in [6, 6.07) is 18.8. The molecule has 0 radical (unpaired) electrons. The van der Waals surface area contributed by atoms with Crippen LogP contribution in [-0.4, -0.2) is 18.9 Å². The highest BCUT2D eigenvalue weighted by molar-refractivity contribution is 6.30. The molecule has 1 N–H and O–H groups in total. The lowest BCUT2D eigenvalue weighted by Crippen LogP contribution is -2.13. The van der Waals surface area contributed by atoms with Crippen molar-refractivity contribution in [1.29, 1.82) is 0 Å². The van der Waals surface area contributed by atoms with Crippen LogP contribution in [0.4, 0.5) is 10.1 Å². The van der Waals surface area contributed by atoms with Crippen LogP contribution in [0.15, 0.2) is 66.7 Å². The van der Waals surface area contributed by atoms with E-state index in [0.717, 1.165) is 11.8 Å². The number of benzene rings is 3. The van der Waals surface area contributed by atoms with E-state index in [1.54, 1.807) is 12.1 Å². The fourth-order valence-corrected chi connectivity index (χ4v) is 3.70. The van der Waals surface area contributed by atoms with Gasteiger partial charge in [0.05, 0.1) is 18.7 Å². The minimum Gasteiger partial charge on any atom is -0.465 e. The van der Waals surface area contributed by atoms with Gasteiger partial charge < -0.3 is 10.1 Å². The number of ether oxygens (including phenoxy) is 1. The number of anilines is 1. The summed E-state index contributed by atoms with van der Waals surface area (Å²) in [6.45, 7) is 0. The van der Waals surface area contributed by atoms with Gasteiger partial charge in [-0.1, -0.05) is 23.7 Å². The van der Waals surface area contributed by atoms with Crippen molar-refractivity contribution in [3.05, 3.63) is 99.8 Å². The molecule has 4 nitrogen and oxygen atoms in total. The molecule has 0 heterocycles. The maximum atomic E-state index is 13.9. The second kappa shape index (κ2) is 8.90. The molecule has 1 aliphatic carbocycles. The Morgan fingerprint density at radius 1 is 1.00 bits per heavy atom. The Balaban J connectivity index is 1.52. The van der Waals surface area contributed by atoms with E-state index in [9.17, 15) is 14.0 Å². The molecule has 158 valence electrons. The lowest BCUT2D eigenvalue weighted by molar-refractivity contribution is 0.0595. The molecule has 1 fully saturated rings. The average Bonchev–Trinajstić information content (AvgIpc) is 3.63. The quantitative estimate of drug-likeness (QED) is 0.360. The van der Waals surface area contributed by atoms with E-state index in [1.807, 2.05) is 36.4 Å². The summed E-state index contributed by atoms with van der Waals surface area (Å²) in [5.74, 6) is -1.28. The Kier molecular flexibility index (Phi) is 6.05. The maximum Gasteiger partial charge on any atom is 0.340 e. The molecule has 0 amide bonds. The molecule has 0 saturated heterocycles. The van der Waals surface area contributed by atoms with Gasteiger partial charge in [-0.25, -0.2) is 9.18 Å². The van der Waals surface area contributed by atoms with E-state index >= 15 is 0 Å². The lowest BCUT2D eigenvalue weighted by atomic mass is 9.99. The van der Waals surface area contributed by atoms with Crippen LogP contribution in [0.5, 0.6) is 0 Å². The zero-order chi connectivity index (χ0) is 22.0. The molecule has 3 aromatic carbocycles. The number of hydrogen-bond donors (Lipinski definition) is 1. The number of halogens is 2. The number of nitrogens with one attached hydrogen (secondary N) is 1. The smallest absolute Gasteiger partial charge is 0.340 e. The van der Waals surface area contributed by atoms with E-state index in [1.165, 1.54) is 37.6 Å². The van der Waals surface area contributed by atoms with Gasteiger partial charge in [0.15, 0.2) is 5.78 Å². The first kappa shape index (κ1) is 21.1. The van der Waals surface area contributed by atoms with Gasteiger partial charge in [-0.15, -0.1) is 0 Å². The third kappa shape index (κ3) is 4.78. The summed E-state index contributed by atoms with van der Waals surface area (Å²) in [4.78, 5) is 24.5. The molecule has 0 spiro atoms. The SMILES string of the molecule is COC(=O)c1cc(C(=O)c2ccc(NC(c3ccc(Cl)cc3)C3CC3)cc2)ccc1F. The van der Waals surface area contributed by atoms with Gasteiger partial charge in [0.25, 0.3) is 0 Å². The first-order chi connectivity index (χ1) is 15.0. The number of esters is 1. The Bertz CT molecular complexity index is 1110. The summed E-state index contributed by atoms with van der Waals surface area (Å²) in [5, 5.41) is 4.26. The number of rotatable bonds is 7. The molecule has 1 saturated carbocycles. The van der Waals surface area contributed by atoms with E-state index in [-0.39, 0.29) is 23.0 Å². The van der Waals surface area contributed by atoms with Crippen molar-refractivity contribution >= 4 is 29.0 Å². The number of carbonyl (C=O) groups is 2. The fraction of sp³-hybridized carbons (Fsp3) is 0.200. The third-order valence-electron chi connectivity index (χ3n) is 5.43. The maximum absolute atomic E-state index is 13.9. The standard InChI is InChI=1S/C25H21ClFNO3/c1-31-25(30)21-14-18(8-13-22(21)27)24(29)17-6-11-20(12-7-17)28-23(15-2-3-15)16-4-9-19(26)10-5-16/h4-15,23,28H,2-3H2,1H3. The molecule has 1 unspecified atom stereocenters. The van der Waals surface area contributed by atoms with E-state index in [4.69, 9.17) is 11.6 Å². The summed E-state index contributed by atoms with van der Waals surface area (Å²) in [7, 11) is 1.17. The molecule has 1 atom stereocenters. The zero-order valence-corrected chi connectivity index (χ0v) is 17.7. The largest absolute Gasteiger partial charge is 0.465 e. The Labute approximate surface area is 185 Å². The fourth-order valence-electron chi connectivity index (χ4n) is 3.57. The highest BCUT2D eigenvalue weighted by Crippen LogP contribution is 2.43. The van der Waals surface area contributed by atoms with Crippen molar-refractivity contribution in [3.63, 3.8) is 0 Å².